The number of carbonyl (C=O) groups is 3. The maximum Gasteiger partial charge on any atom is 0.338 e. The summed E-state index contributed by atoms with van der Waals surface area (Å²) in [5.74, 6) is 0.131. The average molecular weight is 751 g/mol. The summed E-state index contributed by atoms with van der Waals surface area (Å²) in [7, 11) is 2.73. The lowest BCUT2D eigenvalue weighted by molar-refractivity contribution is -0.116. The fourth-order valence-corrected chi connectivity index (χ4v) is 8.04. The molecule has 0 spiro atoms. The monoisotopic (exact) mass is 750 g/mol. The van der Waals surface area contributed by atoms with Crippen LogP contribution in [-0.2, 0) is 20.7 Å². The summed E-state index contributed by atoms with van der Waals surface area (Å²) in [6.45, 7) is 13.2. The quantitative estimate of drug-likeness (QED) is 0.0792. The van der Waals surface area contributed by atoms with Crippen LogP contribution in [0.5, 0.6) is 0 Å². The molecule has 0 amide bonds. The van der Waals surface area contributed by atoms with Gasteiger partial charge in [-0.2, -0.15) is 0 Å². The van der Waals surface area contributed by atoms with Crippen molar-refractivity contribution in [2.24, 2.45) is 0 Å². The molecule has 0 N–H and O–H groups in total. The van der Waals surface area contributed by atoms with Gasteiger partial charge >= 0.3 is 11.9 Å². The van der Waals surface area contributed by atoms with Crippen LogP contribution < -0.4 is 19.9 Å². The summed E-state index contributed by atoms with van der Waals surface area (Å²) < 4.78 is 28.8. The molecule has 0 saturated carbocycles. The van der Waals surface area contributed by atoms with Crippen LogP contribution >= 0.6 is 0 Å². The second kappa shape index (κ2) is 15.8. The molecule has 3 aromatic carbocycles. The number of nitrogens with zero attached hydrogens (tertiary/aromatic N) is 2. The number of carbonyl (C=O) groups excluding carboxylic acids is 3. The Labute approximate surface area is 325 Å². The lowest BCUT2D eigenvalue weighted by Crippen LogP contribution is -2.29. The van der Waals surface area contributed by atoms with Gasteiger partial charge in [0.1, 0.15) is 54.6 Å². The summed E-state index contributed by atoms with van der Waals surface area (Å²) in [6, 6.07) is 28.7. The van der Waals surface area contributed by atoms with Gasteiger partial charge in [-0.3, -0.25) is 4.79 Å². The Balaban J connectivity index is 1.80. The van der Waals surface area contributed by atoms with Crippen LogP contribution in [-0.4, -0.2) is 58.1 Å². The number of benzene rings is 5. The number of methoxy groups -OCH3 is 2. The average Bonchev–Trinajstić information content (AvgIpc) is 3.22. The first kappa shape index (κ1) is 37.9. The summed E-state index contributed by atoms with van der Waals surface area (Å²) >= 11 is 0. The molecule has 3 aromatic rings. The highest BCUT2D eigenvalue weighted by molar-refractivity contribution is 6.18. The Hall–Kier alpha value is -6.35. The minimum Gasteiger partial charge on any atom is -0.465 e. The van der Waals surface area contributed by atoms with Gasteiger partial charge in [-0.15, -0.1) is 0 Å². The number of Topliss-reactive ketones (excluding diaryl/α,β-unsaturated/α-hetero) is 1. The molecule has 2 aliphatic carbocycles. The first-order chi connectivity index (χ1) is 27.2. The highest BCUT2D eigenvalue weighted by Crippen LogP contribution is 2.49. The highest BCUT2D eigenvalue weighted by Gasteiger charge is 2.30. The number of rotatable bonds is 10. The molecule has 4 aliphatic rings. The highest BCUT2D eigenvalue weighted by atomic mass is 16.5. The maximum absolute atomic E-state index is 13.5. The van der Waals surface area contributed by atoms with Gasteiger partial charge in [-0.25, -0.2) is 18.7 Å². The molecular formula is C47H46N2O7+2. The lowest BCUT2D eigenvalue weighted by atomic mass is 9.83. The normalized spacial score (nSPS) is 11.3. The number of esters is 2. The maximum atomic E-state index is 13.5. The molecule has 7 rings (SSSR count). The molecule has 284 valence electrons. The number of ketones is 1. The molecule has 56 heavy (non-hydrogen) atoms. The number of fused-ring (bicyclic) bond motifs is 4. The van der Waals surface area contributed by atoms with Crippen molar-refractivity contribution in [3.63, 3.8) is 0 Å². The summed E-state index contributed by atoms with van der Waals surface area (Å²) in [5.41, 5.74) is 6.54. The zero-order chi connectivity index (χ0) is 39.7. The SMILES string of the molecule is CC[N+](CC)=c1ccc2c(-c3ccccc3C(=O)OC)c3c(CC(C)=O)c4c(-c5ccccc5C(=O)OC)c5ccc(=[N+](CC)CC)cc-5oc4cc3oc-2c1. The van der Waals surface area contributed by atoms with E-state index in [9.17, 15) is 14.4 Å². The van der Waals surface area contributed by atoms with E-state index in [1.807, 2.05) is 54.6 Å². The van der Waals surface area contributed by atoms with Crippen LogP contribution in [0.1, 0.15) is 60.9 Å². The van der Waals surface area contributed by atoms with Crippen molar-refractivity contribution in [1.29, 1.82) is 0 Å². The van der Waals surface area contributed by atoms with Gasteiger partial charge in [0, 0.05) is 57.6 Å². The number of hydrogen-bond acceptors (Lipinski definition) is 7. The molecule has 9 heteroatoms. The predicted molar refractivity (Wildman–Crippen MR) is 220 cm³/mol. The zero-order valence-corrected chi connectivity index (χ0v) is 32.9. The second-order valence-electron chi connectivity index (χ2n) is 13.7. The first-order valence-electron chi connectivity index (χ1n) is 19.1. The largest absolute Gasteiger partial charge is 0.465 e. The van der Waals surface area contributed by atoms with Crippen molar-refractivity contribution in [2.75, 3.05) is 40.4 Å². The molecular weight excluding hydrogens is 705 g/mol. The molecule has 0 radical (unpaired) electrons. The molecule has 9 nitrogen and oxygen atoms in total. The molecule has 0 unspecified atom stereocenters. The van der Waals surface area contributed by atoms with Crippen molar-refractivity contribution >= 4 is 39.7 Å². The zero-order valence-electron chi connectivity index (χ0n) is 32.9. The first-order valence-corrected chi connectivity index (χ1v) is 19.1. The van der Waals surface area contributed by atoms with Gasteiger partial charge in [0.05, 0.1) is 37.5 Å². The lowest BCUT2D eigenvalue weighted by Gasteiger charge is -2.23. The van der Waals surface area contributed by atoms with Crippen LogP contribution in [0.3, 0.4) is 0 Å². The van der Waals surface area contributed by atoms with Crippen molar-refractivity contribution in [1.82, 2.24) is 9.15 Å². The van der Waals surface area contributed by atoms with Crippen LogP contribution in [0.15, 0.2) is 99.8 Å². The van der Waals surface area contributed by atoms with Gasteiger partial charge in [0.15, 0.2) is 0 Å². The van der Waals surface area contributed by atoms with Gasteiger partial charge in [0.2, 0.25) is 10.7 Å². The van der Waals surface area contributed by atoms with E-state index >= 15 is 0 Å². The number of hydrogen-bond donors (Lipinski definition) is 0. The molecule has 2 aliphatic heterocycles. The third kappa shape index (κ3) is 6.57. The van der Waals surface area contributed by atoms with E-state index in [0.29, 0.717) is 61.3 Å². The third-order valence-corrected chi connectivity index (χ3v) is 10.7. The Morgan fingerprint density at radius 2 is 0.964 bits per heavy atom. The minimum atomic E-state index is -0.492. The van der Waals surface area contributed by atoms with Crippen molar-refractivity contribution in [3.05, 3.63) is 118 Å². The van der Waals surface area contributed by atoms with Crippen molar-refractivity contribution in [2.45, 2.75) is 41.0 Å². The molecule has 0 saturated heterocycles. The molecule has 0 bridgehead atoms. The smallest absolute Gasteiger partial charge is 0.338 e. The topological polar surface area (TPSA) is 102 Å². The predicted octanol–water partition coefficient (Wildman–Crippen LogP) is 8.05. The van der Waals surface area contributed by atoms with Crippen LogP contribution in [0.2, 0.25) is 0 Å². The Morgan fingerprint density at radius 1 is 0.554 bits per heavy atom. The molecule has 2 heterocycles. The summed E-state index contributed by atoms with van der Waals surface area (Å²) in [6.07, 6.45) is 0.00569. The van der Waals surface area contributed by atoms with Gasteiger partial charge in [0.25, 0.3) is 0 Å². The second-order valence-corrected chi connectivity index (χ2v) is 13.7. The van der Waals surface area contributed by atoms with E-state index in [4.69, 9.17) is 18.3 Å². The molecule has 0 atom stereocenters. The van der Waals surface area contributed by atoms with E-state index in [-0.39, 0.29) is 12.2 Å². The molecule has 0 aromatic heterocycles. The van der Waals surface area contributed by atoms with E-state index in [2.05, 4.69) is 49.0 Å². The third-order valence-electron chi connectivity index (χ3n) is 10.7. The van der Waals surface area contributed by atoms with E-state index in [1.54, 1.807) is 31.2 Å². The number of ether oxygens (including phenoxy) is 2. The van der Waals surface area contributed by atoms with E-state index < -0.39 is 11.9 Å². The fraction of sp³-hybridized carbons (Fsp3) is 0.255. The Kier molecular flexibility index (Phi) is 10.7. The minimum absolute atomic E-state index is 0.00569. The van der Waals surface area contributed by atoms with Crippen molar-refractivity contribution in [3.8, 4) is 44.9 Å². The standard InChI is InChI=1S/C47H46N2O7/c1-8-48(9-2)29-20-22-35-38(25-29)55-40-27-41-45(37(24-28(5)50)44(40)42(35)31-16-12-14-18-33(31)46(51)53-6)43(32-17-13-15-19-34(32)47(52)54-7)36-23-21-30(26-39(36)56-41)49(10-3)11-4/h12-23,25-27H,8-11,24H2,1-7H3/q+2. The van der Waals surface area contributed by atoms with Crippen molar-refractivity contribution < 1.29 is 32.7 Å². The van der Waals surface area contributed by atoms with Gasteiger partial charge in [-0.1, -0.05) is 36.4 Å². The van der Waals surface area contributed by atoms with Crippen LogP contribution in [0.4, 0.5) is 0 Å². The van der Waals surface area contributed by atoms with Gasteiger partial charge in [-0.05, 0) is 75.6 Å². The molecule has 0 fully saturated rings. The van der Waals surface area contributed by atoms with Crippen LogP contribution in [0.25, 0.3) is 66.8 Å². The van der Waals surface area contributed by atoms with E-state index in [1.165, 1.54) is 14.2 Å². The van der Waals surface area contributed by atoms with Crippen LogP contribution in [0, 0.1) is 0 Å². The fourth-order valence-electron chi connectivity index (χ4n) is 8.04. The summed E-state index contributed by atoms with van der Waals surface area (Å²) in [4.78, 5) is 40.4. The Morgan fingerprint density at radius 3 is 1.34 bits per heavy atom. The van der Waals surface area contributed by atoms with E-state index in [0.717, 1.165) is 59.1 Å². The summed E-state index contributed by atoms with van der Waals surface area (Å²) in [5, 5.41) is 3.28. The van der Waals surface area contributed by atoms with Gasteiger partial charge < -0.3 is 18.3 Å². The Bertz CT molecular complexity index is 2580.